The zero-order chi connectivity index (χ0) is 14.8. The number of epoxide rings is 1. The van der Waals surface area contributed by atoms with E-state index in [0.29, 0.717) is 6.61 Å². The number of hydrogen-bond acceptors (Lipinski definition) is 2. The number of aliphatic carboxylic acids is 1. The second-order valence-electron chi connectivity index (χ2n) is 5.96. The quantitative estimate of drug-likeness (QED) is 0.324. The molecule has 2 unspecified atom stereocenters. The van der Waals surface area contributed by atoms with Crippen LogP contribution in [0, 0.1) is 5.92 Å². The van der Waals surface area contributed by atoms with E-state index >= 15 is 0 Å². The van der Waals surface area contributed by atoms with Crippen molar-refractivity contribution in [3.8, 4) is 0 Å². The molecule has 0 bridgehead atoms. The van der Waals surface area contributed by atoms with Crippen molar-refractivity contribution in [1.29, 1.82) is 0 Å². The van der Waals surface area contributed by atoms with Crippen LogP contribution < -0.4 is 0 Å². The monoisotopic (exact) mass is 282 g/mol. The standard InChI is InChI=1S/C17H30O3/c1-3-4-5-6-7-8-9-10-11-12-13-15(2)17(14-20-17)16(18)19/h12-13,15H,3-11,14H2,1-2H3,(H,18,19)/b13-12-. The van der Waals surface area contributed by atoms with E-state index < -0.39 is 11.6 Å². The molecule has 20 heavy (non-hydrogen) atoms. The van der Waals surface area contributed by atoms with Crippen molar-refractivity contribution in [2.24, 2.45) is 5.92 Å². The summed E-state index contributed by atoms with van der Waals surface area (Å²) in [4.78, 5) is 11.0. The lowest BCUT2D eigenvalue weighted by atomic mass is 9.94. The number of carbonyl (C=O) groups is 1. The Bertz CT molecular complexity index is 305. The summed E-state index contributed by atoms with van der Waals surface area (Å²) in [6.07, 6.45) is 15.8. The van der Waals surface area contributed by atoms with Crippen LogP contribution in [0.25, 0.3) is 0 Å². The Labute approximate surface area is 123 Å². The second-order valence-corrected chi connectivity index (χ2v) is 5.96. The van der Waals surface area contributed by atoms with Gasteiger partial charge in [0.2, 0.25) is 0 Å². The molecule has 116 valence electrons. The summed E-state index contributed by atoms with van der Waals surface area (Å²) in [5.41, 5.74) is -0.921. The van der Waals surface area contributed by atoms with Crippen molar-refractivity contribution in [3.05, 3.63) is 12.2 Å². The number of carboxylic acids is 1. The van der Waals surface area contributed by atoms with Crippen LogP contribution in [-0.4, -0.2) is 23.3 Å². The van der Waals surface area contributed by atoms with Crippen LogP contribution in [0.3, 0.4) is 0 Å². The van der Waals surface area contributed by atoms with Gasteiger partial charge >= 0.3 is 5.97 Å². The van der Waals surface area contributed by atoms with Crippen molar-refractivity contribution in [2.75, 3.05) is 6.61 Å². The molecule has 0 saturated carbocycles. The van der Waals surface area contributed by atoms with E-state index in [9.17, 15) is 4.79 Å². The van der Waals surface area contributed by atoms with Crippen LogP contribution in [0.5, 0.6) is 0 Å². The van der Waals surface area contributed by atoms with E-state index in [-0.39, 0.29) is 5.92 Å². The fraction of sp³-hybridized carbons (Fsp3) is 0.824. The number of allylic oxidation sites excluding steroid dienone is 1. The van der Waals surface area contributed by atoms with Crippen molar-refractivity contribution < 1.29 is 14.6 Å². The van der Waals surface area contributed by atoms with Gasteiger partial charge in [-0.1, -0.05) is 70.9 Å². The minimum absolute atomic E-state index is 0.0333. The summed E-state index contributed by atoms with van der Waals surface area (Å²) in [5, 5.41) is 9.08. The Morgan fingerprint density at radius 1 is 1.20 bits per heavy atom. The predicted molar refractivity (Wildman–Crippen MR) is 81.8 cm³/mol. The molecule has 0 aliphatic carbocycles. The SMILES string of the molecule is CCCCCCCCCC/C=C\C(C)C1(C(=O)O)CO1. The van der Waals surface area contributed by atoms with Crippen molar-refractivity contribution in [2.45, 2.75) is 77.2 Å². The summed E-state index contributed by atoms with van der Waals surface area (Å²) >= 11 is 0. The highest BCUT2D eigenvalue weighted by Crippen LogP contribution is 2.36. The van der Waals surface area contributed by atoms with E-state index in [1.807, 2.05) is 13.0 Å². The Hall–Kier alpha value is -0.830. The molecular weight excluding hydrogens is 252 g/mol. The normalized spacial score (nSPS) is 23.1. The third-order valence-electron chi connectivity index (χ3n) is 4.20. The molecule has 1 N–H and O–H groups in total. The number of unbranched alkanes of at least 4 members (excludes halogenated alkanes) is 8. The van der Waals surface area contributed by atoms with Gasteiger partial charge in [-0.15, -0.1) is 0 Å². The maximum absolute atomic E-state index is 11.0. The number of carboxylic acid groups (broad SMARTS) is 1. The van der Waals surface area contributed by atoms with Gasteiger partial charge in [0.25, 0.3) is 0 Å². The first kappa shape index (κ1) is 17.2. The molecular formula is C17H30O3. The first-order valence-corrected chi connectivity index (χ1v) is 8.17. The molecule has 1 aliphatic heterocycles. The molecule has 0 aromatic carbocycles. The van der Waals surface area contributed by atoms with Gasteiger partial charge < -0.3 is 9.84 Å². The summed E-state index contributed by atoms with van der Waals surface area (Å²) in [5.74, 6) is -0.865. The number of hydrogen-bond donors (Lipinski definition) is 1. The third-order valence-corrected chi connectivity index (χ3v) is 4.20. The average molecular weight is 282 g/mol. The molecule has 3 heteroatoms. The van der Waals surface area contributed by atoms with Gasteiger partial charge in [0.05, 0.1) is 6.61 Å². The third kappa shape index (κ3) is 5.66. The fourth-order valence-electron chi connectivity index (χ4n) is 2.51. The molecule has 0 aromatic rings. The van der Waals surface area contributed by atoms with E-state index in [0.717, 1.165) is 6.42 Å². The van der Waals surface area contributed by atoms with Gasteiger partial charge in [-0.25, -0.2) is 4.79 Å². The first-order chi connectivity index (χ1) is 9.63. The van der Waals surface area contributed by atoms with Crippen molar-refractivity contribution >= 4 is 5.97 Å². The van der Waals surface area contributed by atoms with Gasteiger partial charge in [0, 0.05) is 5.92 Å². The van der Waals surface area contributed by atoms with Crippen LogP contribution in [0.2, 0.25) is 0 Å². The summed E-state index contributed by atoms with van der Waals surface area (Å²) < 4.78 is 5.11. The van der Waals surface area contributed by atoms with Gasteiger partial charge in [0.15, 0.2) is 5.60 Å². The molecule has 3 nitrogen and oxygen atoms in total. The Kier molecular flexibility index (Phi) is 7.90. The minimum Gasteiger partial charge on any atom is -0.479 e. The van der Waals surface area contributed by atoms with Crippen LogP contribution in [-0.2, 0) is 9.53 Å². The lowest BCUT2D eigenvalue weighted by Crippen LogP contribution is -2.30. The Morgan fingerprint density at radius 3 is 2.25 bits per heavy atom. The highest BCUT2D eigenvalue weighted by molar-refractivity contribution is 5.81. The maximum Gasteiger partial charge on any atom is 0.339 e. The molecule has 1 heterocycles. The van der Waals surface area contributed by atoms with Crippen LogP contribution >= 0.6 is 0 Å². The Balaban J connectivity index is 1.98. The minimum atomic E-state index is -0.921. The second kappa shape index (κ2) is 9.17. The zero-order valence-electron chi connectivity index (χ0n) is 13.1. The number of rotatable bonds is 12. The smallest absolute Gasteiger partial charge is 0.339 e. The average Bonchev–Trinajstić information content (AvgIpc) is 3.22. The molecule has 0 spiro atoms. The lowest BCUT2D eigenvalue weighted by molar-refractivity contribution is -0.144. The summed E-state index contributed by atoms with van der Waals surface area (Å²) in [7, 11) is 0. The first-order valence-electron chi connectivity index (χ1n) is 8.17. The highest BCUT2D eigenvalue weighted by atomic mass is 16.6. The maximum atomic E-state index is 11.0. The number of ether oxygens (including phenoxy) is 1. The molecule has 0 aromatic heterocycles. The largest absolute Gasteiger partial charge is 0.479 e. The molecule has 2 atom stereocenters. The van der Waals surface area contributed by atoms with Crippen molar-refractivity contribution in [3.63, 3.8) is 0 Å². The van der Waals surface area contributed by atoms with E-state index in [4.69, 9.17) is 9.84 Å². The van der Waals surface area contributed by atoms with Gasteiger partial charge in [-0.3, -0.25) is 0 Å². The van der Waals surface area contributed by atoms with Gasteiger partial charge in [-0.2, -0.15) is 0 Å². The van der Waals surface area contributed by atoms with E-state index in [2.05, 4.69) is 13.0 Å². The van der Waals surface area contributed by atoms with Crippen LogP contribution in [0.15, 0.2) is 12.2 Å². The topological polar surface area (TPSA) is 49.8 Å². The van der Waals surface area contributed by atoms with E-state index in [1.54, 1.807) is 0 Å². The summed E-state index contributed by atoms with van der Waals surface area (Å²) in [6.45, 7) is 4.52. The predicted octanol–water partition coefficient (Wildman–Crippen LogP) is 4.56. The molecule has 1 aliphatic rings. The van der Waals surface area contributed by atoms with Gasteiger partial charge in [-0.05, 0) is 12.8 Å². The molecule has 1 fully saturated rings. The fourth-order valence-corrected chi connectivity index (χ4v) is 2.51. The molecule has 1 rings (SSSR count). The van der Waals surface area contributed by atoms with Gasteiger partial charge in [0.1, 0.15) is 0 Å². The molecule has 0 amide bonds. The highest BCUT2D eigenvalue weighted by Gasteiger charge is 2.56. The molecule has 0 radical (unpaired) electrons. The van der Waals surface area contributed by atoms with Crippen molar-refractivity contribution in [1.82, 2.24) is 0 Å². The summed E-state index contributed by atoms with van der Waals surface area (Å²) in [6, 6.07) is 0. The van der Waals surface area contributed by atoms with E-state index in [1.165, 1.54) is 51.4 Å². The van der Waals surface area contributed by atoms with Crippen LogP contribution in [0.4, 0.5) is 0 Å². The Morgan fingerprint density at radius 2 is 1.75 bits per heavy atom. The molecule has 1 saturated heterocycles. The lowest BCUT2D eigenvalue weighted by Gasteiger charge is -2.11. The van der Waals surface area contributed by atoms with Crippen LogP contribution in [0.1, 0.15) is 71.6 Å². The zero-order valence-corrected chi connectivity index (χ0v) is 13.1.